The highest BCUT2D eigenvalue weighted by atomic mass is 16.5. The summed E-state index contributed by atoms with van der Waals surface area (Å²) in [5.41, 5.74) is 4.04. The number of carbonyl (C=O) groups excluding carboxylic acids is 8. The van der Waals surface area contributed by atoms with Gasteiger partial charge >= 0.3 is 17.8 Å². The third kappa shape index (κ3) is 15.7. The molecule has 0 aromatic heterocycles. The van der Waals surface area contributed by atoms with Gasteiger partial charge in [-0.3, -0.25) is 38.4 Å². The van der Waals surface area contributed by atoms with Crippen molar-refractivity contribution in [1.82, 2.24) is 36.4 Å². The van der Waals surface area contributed by atoms with E-state index in [0.29, 0.717) is 24.1 Å². The van der Waals surface area contributed by atoms with Crippen LogP contribution in [0.3, 0.4) is 0 Å². The Morgan fingerprint density at radius 3 is 1.15 bits per heavy atom. The molecule has 0 unspecified atom stereocenters. The first-order valence-electron chi connectivity index (χ1n) is 29.0. The van der Waals surface area contributed by atoms with Crippen LogP contribution in [0, 0.1) is 23.7 Å². The molecule has 5 fully saturated rings. The average molecular weight is 1110 g/mol. The van der Waals surface area contributed by atoms with Crippen molar-refractivity contribution < 1.29 is 53.0 Å². The van der Waals surface area contributed by atoms with Crippen molar-refractivity contribution in [3.05, 3.63) is 143 Å². The number of ether oxygens (including phenoxy) is 1. The van der Waals surface area contributed by atoms with Crippen molar-refractivity contribution in [2.45, 2.75) is 119 Å². The highest BCUT2D eigenvalue weighted by molar-refractivity contribution is 6.31. The first-order valence-corrected chi connectivity index (χ1v) is 29.0. The first kappa shape index (κ1) is 57.8. The molecule has 6 N–H and O–H groups in total. The minimum atomic E-state index is -1.66. The Balaban J connectivity index is 0.749. The predicted octanol–water partition coefficient (Wildman–Crippen LogP) is 5.84. The molecule has 2 aliphatic heterocycles. The first-order chi connectivity index (χ1) is 39.3. The number of carboxylic acids is 1. The molecular weight excluding hydrogens is 1030 g/mol. The smallest absolute Gasteiger partial charge is 0.394 e. The van der Waals surface area contributed by atoms with Crippen molar-refractivity contribution in [3.8, 4) is 0 Å². The second-order valence-electron chi connectivity index (χ2n) is 22.6. The van der Waals surface area contributed by atoms with Gasteiger partial charge in [0.05, 0.1) is 30.3 Å². The highest BCUT2D eigenvalue weighted by Crippen LogP contribution is 2.44. The number of rotatable bonds is 27. The van der Waals surface area contributed by atoms with E-state index in [2.05, 4.69) is 45.5 Å². The molecule has 2 saturated heterocycles. The van der Waals surface area contributed by atoms with Crippen LogP contribution >= 0.6 is 0 Å². The molecule has 0 bridgehead atoms. The number of amides is 7. The normalized spacial score (nSPS) is 24.0. The van der Waals surface area contributed by atoms with Gasteiger partial charge in [-0.25, -0.2) is 4.79 Å². The number of hydrogen-bond donors (Lipinski definition) is 6. The topological polar surface area (TPSA) is 250 Å². The number of likely N-dealkylation sites (tertiary alicyclic amines) is 2. The van der Waals surface area contributed by atoms with Crippen LogP contribution in [0.25, 0.3) is 0 Å². The maximum Gasteiger partial charge on any atom is 0.394 e. The lowest BCUT2D eigenvalue weighted by molar-refractivity contribution is -0.151. The Morgan fingerprint density at radius 1 is 0.432 bits per heavy atom. The zero-order valence-electron chi connectivity index (χ0n) is 45.8. The predicted molar refractivity (Wildman–Crippen MR) is 300 cm³/mol. The number of nitrogens with zero attached hydrogens (tertiary/aromatic N) is 2. The van der Waals surface area contributed by atoms with E-state index in [4.69, 9.17) is 9.84 Å². The van der Waals surface area contributed by atoms with Crippen LogP contribution in [-0.4, -0.2) is 132 Å². The van der Waals surface area contributed by atoms with Crippen molar-refractivity contribution in [2.24, 2.45) is 23.7 Å². The zero-order valence-corrected chi connectivity index (χ0v) is 45.8. The molecule has 10 atom stereocenters. The minimum absolute atomic E-state index is 0.0509. The molecule has 428 valence electrons. The number of carbonyl (C=O) groups is 9. The summed E-state index contributed by atoms with van der Waals surface area (Å²) in [6, 6.07) is 36.2. The van der Waals surface area contributed by atoms with Crippen molar-refractivity contribution >= 4 is 53.3 Å². The summed E-state index contributed by atoms with van der Waals surface area (Å²) in [4.78, 5) is 121. The summed E-state index contributed by atoms with van der Waals surface area (Å²) in [5.74, 6) is -7.79. The summed E-state index contributed by atoms with van der Waals surface area (Å²) in [6.45, 7) is 0.407. The third-order valence-electron chi connectivity index (χ3n) is 16.7. The fraction of sp³-hybridized carbons (Fsp3) is 0.476. The summed E-state index contributed by atoms with van der Waals surface area (Å²) in [6.07, 6.45) is 11.9. The van der Waals surface area contributed by atoms with E-state index in [-0.39, 0.29) is 104 Å². The van der Waals surface area contributed by atoms with Crippen LogP contribution in [0.5, 0.6) is 0 Å². The number of esters is 1. The zero-order chi connectivity index (χ0) is 56.8. The molecule has 0 radical (unpaired) electrons. The fourth-order valence-corrected chi connectivity index (χ4v) is 11.7. The van der Waals surface area contributed by atoms with Crippen LogP contribution in [0.1, 0.15) is 139 Å². The number of carboxylic acid groups (broad SMARTS) is 1. The number of benzene rings is 4. The summed E-state index contributed by atoms with van der Waals surface area (Å²) in [5, 5.41) is 23.1. The van der Waals surface area contributed by atoms with Crippen molar-refractivity contribution in [2.75, 3.05) is 45.9 Å². The van der Waals surface area contributed by atoms with E-state index >= 15 is 0 Å². The van der Waals surface area contributed by atoms with E-state index in [1.165, 1.54) is 0 Å². The van der Waals surface area contributed by atoms with Gasteiger partial charge in [-0.1, -0.05) is 142 Å². The number of unbranched alkanes of at least 4 members (excludes halogenated alkanes) is 9. The molecule has 7 amide bonds. The molecule has 4 aromatic carbocycles. The van der Waals surface area contributed by atoms with Crippen molar-refractivity contribution in [3.63, 3.8) is 0 Å². The Labute approximate surface area is 472 Å². The quantitative estimate of drug-likeness (QED) is 0.0235. The fourth-order valence-electron chi connectivity index (χ4n) is 11.7. The van der Waals surface area contributed by atoms with E-state index < -0.39 is 48.1 Å². The van der Waals surface area contributed by atoms with E-state index in [1.54, 1.807) is 34.1 Å². The molecular formula is C63H75N7O11. The number of nitrogens with one attached hydrogen (secondary N) is 5. The summed E-state index contributed by atoms with van der Waals surface area (Å²) < 4.78 is 5.02. The van der Waals surface area contributed by atoms with E-state index in [9.17, 15) is 43.2 Å². The number of aliphatic carboxylic acids is 1. The second kappa shape index (κ2) is 27.5. The third-order valence-corrected chi connectivity index (χ3v) is 16.7. The lowest BCUT2D eigenvalue weighted by atomic mass is 9.94. The molecule has 9 rings (SSSR count). The molecule has 3 aliphatic carbocycles. The van der Waals surface area contributed by atoms with Crippen LogP contribution in [-0.2, 0) is 38.3 Å². The molecule has 5 aliphatic rings. The maximum absolute atomic E-state index is 14.2. The SMILES string of the molecule is O=C(CNC(=O)C(=O)O)OCCCCCCCCCCCCNC(=O)[C@@H]1CN(C(=O)c2ccc(C(=O)N3C[C@@H](C(=O)N[C@H]4C[C@@H]4c4ccccc4)[C@H](C(=O)N[C@H]4C[C@@H]4c4ccccc4)C3)cc2)C[C@H]1C(=O)N[C@H]1C[C@@H]1c1ccccc1. The molecule has 18 nitrogen and oxygen atoms in total. The van der Waals surface area contributed by atoms with E-state index in [0.717, 1.165) is 93.7 Å². The van der Waals surface area contributed by atoms with Crippen LogP contribution < -0.4 is 26.6 Å². The standard InChI is InChI=1S/C63H75N7O11/c71-55(35-65-60(76)63(79)80)81-31-19-8-6-4-2-1-3-5-7-18-30-64-56(72)48-36-69(37-49(48)57(73)66-52-32-45(52)40-20-12-9-13-21-40)61(77)43-26-28-44(29-27-43)62(78)70-38-50(58(74)67-53-33-46(53)41-22-14-10-15-23-41)51(39-70)59(75)68-54-34-47(54)42-24-16-11-17-25-42/h9-17,20-29,45-54H,1-8,18-19,30-39H2,(H,64,72)(H,65,76)(H,66,73)(H,67,74)(H,68,75)(H,79,80)/t45-,46-,47-,48-,49-,50-,51-,52+,53+,54+/m1/s1. The second-order valence-corrected chi connectivity index (χ2v) is 22.6. The Morgan fingerprint density at radius 2 is 0.778 bits per heavy atom. The lowest BCUT2D eigenvalue weighted by Crippen LogP contribution is -2.43. The Hall–Kier alpha value is -7.89. The van der Waals surface area contributed by atoms with Crippen LogP contribution in [0.15, 0.2) is 115 Å². The monoisotopic (exact) mass is 1110 g/mol. The molecule has 18 heteroatoms. The molecule has 3 saturated carbocycles. The van der Waals surface area contributed by atoms with Gasteiger partial charge in [-0.05, 0) is 73.1 Å². The Bertz CT molecular complexity index is 2800. The molecule has 0 spiro atoms. The van der Waals surface area contributed by atoms with Gasteiger partial charge in [0.25, 0.3) is 11.8 Å². The maximum atomic E-state index is 14.2. The number of hydrogen-bond acceptors (Lipinski definition) is 10. The average Bonchev–Trinajstić information content (AvgIpc) is 4.65. The van der Waals surface area contributed by atoms with Gasteiger partial charge in [0, 0.05) is 79.7 Å². The van der Waals surface area contributed by atoms with Gasteiger partial charge in [0.15, 0.2) is 0 Å². The van der Waals surface area contributed by atoms with Gasteiger partial charge < -0.3 is 46.2 Å². The highest BCUT2D eigenvalue weighted by Gasteiger charge is 2.50. The van der Waals surface area contributed by atoms with Crippen molar-refractivity contribution in [1.29, 1.82) is 0 Å². The van der Waals surface area contributed by atoms with Gasteiger partial charge in [0.2, 0.25) is 23.6 Å². The van der Waals surface area contributed by atoms with Crippen LogP contribution in [0.4, 0.5) is 0 Å². The minimum Gasteiger partial charge on any atom is -0.474 e. The Kier molecular flexibility index (Phi) is 19.6. The lowest BCUT2D eigenvalue weighted by Gasteiger charge is -2.18. The van der Waals surface area contributed by atoms with Gasteiger partial charge in [0.1, 0.15) is 6.54 Å². The van der Waals surface area contributed by atoms with Crippen LogP contribution in [0.2, 0.25) is 0 Å². The summed E-state index contributed by atoms with van der Waals surface area (Å²) in [7, 11) is 0. The molecule has 2 heterocycles. The van der Waals surface area contributed by atoms with Gasteiger partial charge in [-0.15, -0.1) is 0 Å². The van der Waals surface area contributed by atoms with Gasteiger partial charge in [-0.2, -0.15) is 0 Å². The summed E-state index contributed by atoms with van der Waals surface area (Å²) >= 11 is 0. The van der Waals surface area contributed by atoms with E-state index in [1.807, 2.05) is 72.0 Å². The molecule has 81 heavy (non-hydrogen) atoms. The molecule has 4 aromatic rings. The largest absolute Gasteiger partial charge is 0.474 e.